The van der Waals surface area contributed by atoms with E-state index in [0.717, 1.165) is 28.1 Å². The SMILES string of the molecule is CC(C)Cc1ccc(CNc2ccc(Br)cc2Cl)cc1. The lowest BCUT2D eigenvalue weighted by Gasteiger charge is -2.10. The van der Waals surface area contributed by atoms with Crippen molar-refractivity contribution in [2.45, 2.75) is 26.8 Å². The van der Waals surface area contributed by atoms with E-state index >= 15 is 0 Å². The Labute approximate surface area is 134 Å². The molecule has 0 fully saturated rings. The molecular weight excluding hydrogens is 334 g/mol. The maximum absolute atomic E-state index is 6.19. The molecule has 106 valence electrons. The number of hydrogen-bond acceptors (Lipinski definition) is 1. The fourth-order valence-electron chi connectivity index (χ4n) is 2.09. The van der Waals surface area contributed by atoms with Crippen molar-refractivity contribution < 1.29 is 0 Å². The predicted octanol–water partition coefficient (Wildman–Crippen LogP) is 5.91. The minimum absolute atomic E-state index is 0.695. The summed E-state index contributed by atoms with van der Waals surface area (Å²) >= 11 is 9.59. The van der Waals surface area contributed by atoms with Gasteiger partial charge in [0.25, 0.3) is 0 Å². The lowest BCUT2D eigenvalue weighted by atomic mass is 10.0. The van der Waals surface area contributed by atoms with Crippen LogP contribution in [0.4, 0.5) is 5.69 Å². The van der Waals surface area contributed by atoms with Crippen molar-refractivity contribution in [3.8, 4) is 0 Å². The Morgan fingerprint density at radius 1 is 1.05 bits per heavy atom. The first-order chi connectivity index (χ1) is 9.54. The zero-order valence-corrected chi connectivity index (χ0v) is 14.1. The van der Waals surface area contributed by atoms with Crippen LogP contribution in [0.15, 0.2) is 46.9 Å². The molecule has 0 saturated heterocycles. The van der Waals surface area contributed by atoms with Gasteiger partial charge in [0.2, 0.25) is 0 Å². The molecule has 3 heteroatoms. The van der Waals surface area contributed by atoms with Gasteiger partial charge in [0.15, 0.2) is 0 Å². The van der Waals surface area contributed by atoms with Crippen molar-refractivity contribution in [2.24, 2.45) is 5.92 Å². The topological polar surface area (TPSA) is 12.0 Å². The minimum atomic E-state index is 0.695. The Kier molecular flexibility index (Phi) is 5.50. The van der Waals surface area contributed by atoms with E-state index < -0.39 is 0 Å². The van der Waals surface area contributed by atoms with Gasteiger partial charge in [-0.15, -0.1) is 0 Å². The Hall–Kier alpha value is -0.990. The van der Waals surface area contributed by atoms with Crippen molar-refractivity contribution in [3.05, 3.63) is 63.1 Å². The normalized spacial score (nSPS) is 10.8. The van der Waals surface area contributed by atoms with E-state index in [2.05, 4.69) is 59.4 Å². The first-order valence-corrected chi connectivity index (χ1v) is 7.98. The van der Waals surface area contributed by atoms with Gasteiger partial charge in [0.1, 0.15) is 0 Å². The summed E-state index contributed by atoms with van der Waals surface area (Å²) in [5.74, 6) is 0.695. The number of anilines is 1. The molecule has 2 aromatic rings. The Balaban J connectivity index is 1.96. The van der Waals surface area contributed by atoms with Gasteiger partial charge >= 0.3 is 0 Å². The highest BCUT2D eigenvalue weighted by Crippen LogP contribution is 2.26. The quantitative estimate of drug-likeness (QED) is 0.705. The second-order valence-electron chi connectivity index (χ2n) is 5.39. The first-order valence-electron chi connectivity index (χ1n) is 6.81. The summed E-state index contributed by atoms with van der Waals surface area (Å²) in [4.78, 5) is 0. The van der Waals surface area contributed by atoms with E-state index in [0.29, 0.717) is 5.92 Å². The molecule has 0 aliphatic heterocycles. The third kappa shape index (κ3) is 4.53. The van der Waals surface area contributed by atoms with E-state index in [1.807, 2.05) is 18.2 Å². The minimum Gasteiger partial charge on any atom is -0.380 e. The van der Waals surface area contributed by atoms with Crippen molar-refractivity contribution in [2.75, 3.05) is 5.32 Å². The Bertz CT molecular complexity index is 564. The van der Waals surface area contributed by atoms with Crippen LogP contribution < -0.4 is 5.32 Å². The summed E-state index contributed by atoms with van der Waals surface area (Å²) in [7, 11) is 0. The third-order valence-electron chi connectivity index (χ3n) is 3.08. The molecule has 0 saturated carbocycles. The molecule has 1 N–H and O–H groups in total. The van der Waals surface area contributed by atoms with Gasteiger partial charge < -0.3 is 5.32 Å². The third-order valence-corrected chi connectivity index (χ3v) is 3.89. The fraction of sp³-hybridized carbons (Fsp3) is 0.294. The highest BCUT2D eigenvalue weighted by Gasteiger charge is 2.02. The number of nitrogens with one attached hydrogen (secondary N) is 1. The van der Waals surface area contributed by atoms with E-state index in [1.54, 1.807) is 0 Å². The van der Waals surface area contributed by atoms with E-state index in [-0.39, 0.29) is 0 Å². The van der Waals surface area contributed by atoms with Crippen LogP contribution in [0.2, 0.25) is 5.02 Å². The van der Waals surface area contributed by atoms with Crippen LogP contribution in [0.1, 0.15) is 25.0 Å². The van der Waals surface area contributed by atoms with Crippen molar-refractivity contribution in [1.82, 2.24) is 0 Å². The molecule has 2 aromatic carbocycles. The monoisotopic (exact) mass is 351 g/mol. The molecule has 0 aliphatic carbocycles. The Morgan fingerprint density at radius 2 is 1.70 bits per heavy atom. The first kappa shape index (κ1) is 15.4. The van der Waals surface area contributed by atoms with Crippen molar-refractivity contribution in [3.63, 3.8) is 0 Å². The van der Waals surface area contributed by atoms with Crippen LogP contribution in [0.25, 0.3) is 0 Å². The van der Waals surface area contributed by atoms with Crippen LogP contribution in [-0.4, -0.2) is 0 Å². The van der Waals surface area contributed by atoms with Crippen molar-refractivity contribution >= 4 is 33.2 Å². The zero-order chi connectivity index (χ0) is 14.5. The molecule has 0 atom stereocenters. The van der Waals surface area contributed by atoms with Gasteiger partial charge in [-0.1, -0.05) is 65.6 Å². The van der Waals surface area contributed by atoms with Crippen LogP contribution in [0, 0.1) is 5.92 Å². The van der Waals surface area contributed by atoms with Gasteiger partial charge in [0, 0.05) is 11.0 Å². The van der Waals surface area contributed by atoms with Crippen molar-refractivity contribution in [1.29, 1.82) is 0 Å². The second kappa shape index (κ2) is 7.14. The Morgan fingerprint density at radius 3 is 2.30 bits per heavy atom. The molecule has 0 radical (unpaired) electrons. The number of hydrogen-bond donors (Lipinski definition) is 1. The summed E-state index contributed by atoms with van der Waals surface area (Å²) in [6, 6.07) is 14.6. The summed E-state index contributed by atoms with van der Waals surface area (Å²) in [6.45, 7) is 5.26. The van der Waals surface area contributed by atoms with E-state index in [4.69, 9.17) is 11.6 Å². The van der Waals surface area contributed by atoms with Gasteiger partial charge in [-0.05, 0) is 41.7 Å². The average Bonchev–Trinajstić information content (AvgIpc) is 2.39. The molecule has 0 bridgehead atoms. The molecule has 2 rings (SSSR count). The van der Waals surface area contributed by atoms with Gasteiger partial charge in [-0.2, -0.15) is 0 Å². The standard InChI is InChI=1S/C17H19BrClN/c1-12(2)9-13-3-5-14(6-4-13)11-20-17-8-7-15(18)10-16(17)19/h3-8,10,12,20H,9,11H2,1-2H3. The van der Waals surface area contributed by atoms with Crippen LogP contribution in [0.5, 0.6) is 0 Å². The van der Waals surface area contributed by atoms with Crippen LogP contribution >= 0.6 is 27.5 Å². The molecule has 0 heterocycles. The summed E-state index contributed by atoms with van der Waals surface area (Å²) < 4.78 is 0.992. The molecular formula is C17H19BrClN. The highest BCUT2D eigenvalue weighted by molar-refractivity contribution is 9.10. The maximum Gasteiger partial charge on any atom is 0.0648 e. The molecule has 0 spiro atoms. The molecule has 0 unspecified atom stereocenters. The van der Waals surface area contributed by atoms with E-state index in [1.165, 1.54) is 11.1 Å². The maximum atomic E-state index is 6.19. The van der Waals surface area contributed by atoms with Gasteiger partial charge in [-0.25, -0.2) is 0 Å². The lowest BCUT2D eigenvalue weighted by molar-refractivity contribution is 0.647. The summed E-state index contributed by atoms with van der Waals surface area (Å²) in [5.41, 5.74) is 3.61. The number of benzene rings is 2. The molecule has 0 amide bonds. The van der Waals surface area contributed by atoms with E-state index in [9.17, 15) is 0 Å². The molecule has 20 heavy (non-hydrogen) atoms. The average molecular weight is 353 g/mol. The van der Waals surface area contributed by atoms with Crippen LogP contribution in [0.3, 0.4) is 0 Å². The number of rotatable bonds is 5. The predicted molar refractivity (Wildman–Crippen MR) is 91.5 cm³/mol. The molecule has 0 aromatic heterocycles. The summed E-state index contributed by atoms with van der Waals surface area (Å²) in [6.07, 6.45) is 1.13. The van der Waals surface area contributed by atoms with Crippen LogP contribution in [-0.2, 0) is 13.0 Å². The second-order valence-corrected chi connectivity index (χ2v) is 6.72. The zero-order valence-electron chi connectivity index (χ0n) is 11.8. The number of halogens is 2. The smallest absolute Gasteiger partial charge is 0.0648 e. The largest absolute Gasteiger partial charge is 0.380 e. The van der Waals surface area contributed by atoms with Gasteiger partial charge in [-0.3, -0.25) is 0 Å². The molecule has 1 nitrogen and oxygen atoms in total. The van der Waals surface area contributed by atoms with Gasteiger partial charge in [0.05, 0.1) is 10.7 Å². The highest BCUT2D eigenvalue weighted by atomic mass is 79.9. The molecule has 0 aliphatic rings. The fourth-order valence-corrected chi connectivity index (χ4v) is 2.83. The summed E-state index contributed by atoms with van der Waals surface area (Å²) in [5, 5.41) is 4.10. The lowest BCUT2D eigenvalue weighted by Crippen LogP contribution is -2.00.